The van der Waals surface area contributed by atoms with E-state index in [0.717, 1.165) is 11.4 Å². The lowest BCUT2D eigenvalue weighted by Gasteiger charge is -2.08. The van der Waals surface area contributed by atoms with E-state index in [-0.39, 0.29) is 0 Å². The van der Waals surface area contributed by atoms with Gasteiger partial charge in [-0.05, 0) is 54.8 Å². The largest absolute Gasteiger partial charge is 0.508 e. The van der Waals surface area contributed by atoms with Crippen LogP contribution in [0.2, 0.25) is 0 Å². The Bertz CT molecular complexity index is 574. The molecule has 0 saturated heterocycles. The van der Waals surface area contributed by atoms with Gasteiger partial charge in [0.05, 0.1) is 0 Å². The maximum atomic E-state index is 9.32. The minimum Gasteiger partial charge on any atom is -0.508 e. The molecular weight excluding hydrogens is 306 g/mol. The minimum atomic E-state index is 0.293. The second kappa shape index (κ2) is 11.6. The lowest BCUT2D eigenvalue weighted by molar-refractivity contribution is 0.475. The summed E-state index contributed by atoms with van der Waals surface area (Å²) >= 11 is 0. The lowest BCUT2D eigenvalue weighted by Crippen LogP contribution is -1.91. The van der Waals surface area contributed by atoms with Crippen molar-refractivity contribution in [3.8, 4) is 5.75 Å². The van der Waals surface area contributed by atoms with E-state index in [1.165, 1.54) is 69.8 Å². The number of benzene rings is 2. The molecule has 136 valence electrons. The van der Waals surface area contributed by atoms with Crippen LogP contribution in [0.15, 0.2) is 48.5 Å². The number of phenols is 1. The highest BCUT2D eigenvalue weighted by Crippen LogP contribution is 2.20. The number of anilines is 2. The highest BCUT2D eigenvalue weighted by atomic mass is 16.3. The second-order valence-corrected chi connectivity index (χ2v) is 6.95. The Morgan fingerprint density at radius 2 is 1.12 bits per heavy atom. The molecule has 2 nitrogen and oxygen atoms in total. The summed E-state index contributed by atoms with van der Waals surface area (Å²) < 4.78 is 0. The van der Waals surface area contributed by atoms with Crippen molar-refractivity contribution in [3.05, 3.63) is 54.1 Å². The van der Waals surface area contributed by atoms with E-state index in [9.17, 15) is 5.11 Å². The van der Waals surface area contributed by atoms with Gasteiger partial charge in [-0.15, -0.1) is 0 Å². The van der Waals surface area contributed by atoms with Gasteiger partial charge < -0.3 is 10.4 Å². The SMILES string of the molecule is CCCCCCCCCCCc1ccc(Nc2ccc(O)cc2)cc1. The van der Waals surface area contributed by atoms with Crippen molar-refractivity contribution >= 4 is 11.4 Å². The van der Waals surface area contributed by atoms with Crippen molar-refractivity contribution in [2.24, 2.45) is 0 Å². The van der Waals surface area contributed by atoms with E-state index < -0.39 is 0 Å². The van der Waals surface area contributed by atoms with Crippen LogP contribution >= 0.6 is 0 Å². The Balaban J connectivity index is 1.59. The molecule has 0 radical (unpaired) electrons. The molecule has 0 aliphatic rings. The highest BCUT2D eigenvalue weighted by Gasteiger charge is 1.98. The molecule has 25 heavy (non-hydrogen) atoms. The Hall–Kier alpha value is -1.96. The van der Waals surface area contributed by atoms with Crippen molar-refractivity contribution in [3.63, 3.8) is 0 Å². The topological polar surface area (TPSA) is 32.3 Å². The molecule has 0 bridgehead atoms. The summed E-state index contributed by atoms with van der Waals surface area (Å²) in [7, 11) is 0. The number of hydrogen-bond acceptors (Lipinski definition) is 2. The molecular formula is C23H33NO. The van der Waals surface area contributed by atoms with Gasteiger partial charge in [0.2, 0.25) is 0 Å². The molecule has 2 aromatic rings. The zero-order valence-corrected chi connectivity index (χ0v) is 15.6. The fourth-order valence-corrected chi connectivity index (χ4v) is 3.11. The zero-order valence-electron chi connectivity index (χ0n) is 15.6. The second-order valence-electron chi connectivity index (χ2n) is 6.95. The van der Waals surface area contributed by atoms with E-state index in [0.29, 0.717) is 5.75 Å². The van der Waals surface area contributed by atoms with Gasteiger partial charge in [0, 0.05) is 11.4 Å². The fraction of sp³-hybridized carbons (Fsp3) is 0.478. The predicted octanol–water partition coefficient (Wildman–Crippen LogP) is 7.21. The molecule has 2 aromatic carbocycles. The molecule has 0 amide bonds. The van der Waals surface area contributed by atoms with Crippen molar-refractivity contribution < 1.29 is 5.11 Å². The van der Waals surface area contributed by atoms with Crippen LogP contribution < -0.4 is 5.32 Å². The molecule has 0 aliphatic heterocycles. The standard InChI is InChI=1S/C23H33NO/c1-2-3-4-5-6-7-8-9-10-11-20-12-14-21(15-13-20)24-22-16-18-23(25)19-17-22/h12-19,24-25H,2-11H2,1H3. The predicted molar refractivity (Wildman–Crippen MR) is 109 cm³/mol. The Kier molecular flexibility index (Phi) is 8.96. The van der Waals surface area contributed by atoms with Crippen LogP contribution in [-0.2, 0) is 6.42 Å². The minimum absolute atomic E-state index is 0.293. The van der Waals surface area contributed by atoms with Crippen LogP contribution in [0.5, 0.6) is 5.75 Å². The summed E-state index contributed by atoms with van der Waals surface area (Å²) in [5.41, 5.74) is 3.49. The molecule has 0 aliphatic carbocycles. The molecule has 2 rings (SSSR count). The number of unbranched alkanes of at least 4 members (excludes halogenated alkanes) is 8. The van der Waals surface area contributed by atoms with E-state index in [1.807, 2.05) is 12.1 Å². The first-order chi connectivity index (χ1) is 12.3. The Morgan fingerprint density at radius 3 is 1.68 bits per heavy atom. The van der Waals surface area contributed by atoms with E-state index >= 15 is 0 Å². The number of aryl methyl sites for hydroxylation is 1. The van der Waals surface area contributed by atoms with Crippen LogP contribution in [0.4, 0.5) is 11.4 Å². The maximum absolute atomic E-state index is 9.32. The van der Waals surface area contributed by atoms with Crippen LogP contribution in [0, 0.1) is 0 Å². The van der Waals surface area contributed by atoms with Crippen LogP contribution in [0.1, 0.15) is 70.3 Å². The lowest BCUT2D eigenvalue weighted by atomic mass is 10.0. The summed E-state index contributed by atoms with van der Waals surface area (Å²) in [6.45, 7) is 2.27. The van der Waals surface area contributed by atoms with E-state index in [1.54, 1.807) is 12.1 Å². The van der Waals surface area contributed by atoms with Crippen LogP contribution in [-0.4, -0.2) is 5.11 Å². The summed E-state index contributed by atoms with van der Waals surface area (Å²) in [5.74, 6) is 0.293. The van der Waals surface area contributed by atoms with Crippen molar-refractivity contribution in [2.75, 3.05) is 5.32 Å². The van der Waals surface area contributed by atoms with Crippen molar-refractivity contribution in [1.29, 1.82) is 0 Å². The fourth-order valence-electron chi connectivity index (χ4n) is 3.11. The van der Waals surface area contributed by atoms with E-state index in [4.69, 9.17) is 0 Å². The van der Waals surface area contributed by atoms with Gasteiger partial charge in [0.25, 0.3) is 0 Å². The first-order valence-electron chi connectivity index (χ1n) is 9.93. The van der Waals surface area contributed by atoms with Gasteiger partial charge >= 0.3 is 0 Å². The quantitative estimate of drug-likeness (QED) is 0.316. The van der Waals surface area contributed by atoms with Crippen LogP contribution in [0.25, 0.3) is 0 Å². The number of nitrogens with one attached hydrogen (secondary N) is 1. The van der Waals surface area contributed by atoms with Gasteiger partial charge in [-0.25, -0.2) is 0 Å². The number of phenolic OH excluding ortho intramolecular Hbond substituents is 1. The molecule has 0 atom stereocenters. The maximum Gasteiger partial charge on any atom is 0.115 e. The average molecular weight is 340 g/mol. The molecule has 0 aromatic heterocycles. The Morgan fingerprint density at radius 1 is 0.640 bits per heavy atom. The molecule has 0 heterocycles. The van der Waals surface area contributed by atoms with Crippen LogP contribution in [0.3, 0.4) is 0 Å². The zero-order chi connectivity index (χ0) is 17.7. The average Bonchev–Trinajstić information content (AvgIpc) is 2.63. The summed E-state index contributed by atoms with van der Waals surface area (Å²) in [5, 5.41) is 12.7. The summed E-state index contributed by atoms with van der Waals surface area (Å²) in [4.78, 5) is 0. The van der Waals surface area contributed by atoms with Crippen molar-refractivity contribution in [2.45, 2.75) is 71.1 Å². The number of rotatable bonds is 12. The third-order valence-corrected chi connectivity index (χ3v) is 4.68. The monoisotopic (exact) mass is 339 g/mol. The van der Waals surface area contributed by atoms with Gasteiger partial charge in [-0.1, -0.05) is 70.4 Å². The summed E-state index contributed by atoms with van der Waals surface area (Å²) in [6.07, 6.45) is 13.6. The first kappa shape index (κ1) is 19.4. The molecule has 0 spiro atoms. The third kappa shape index (κ3) is 8.11. The van der Waals surface area contributed by atoms with E-state index in [2.05, 4.69) is 36.5 Å². The first-order valence-corrected chi connectivity index (χ1v) is 9.93. The molecule has 0 fully saturated rings. The third-order valence-electron chi connectivity index (χ3n) is 4.68. The van der Waals surface area contributed by atoms with Gasteiger partial charge in [0.15, 0.2) is 0 Å². The number of hydrogen-bond donors (Lipinski definition) is 2. The van der Waals surface area contributed by atoms with Gasteiger partial charge in [-0.2, -0.15) is 0 Å². The van der Waals surface area contributed by atoms with Gasteiger partial charge in [0.1, 0.15) is 5.75 Å². The molecule has 2 N–H and O–H groups in total. The Labute approximate surface area is 153 Å². The number of aromatic hydroxyl groups is 1. The summed E-state index contributed by atoms with van der Waals surface area (Å²) in [6, 6.07) is 15.9. The molecule has 0 unspecified atom stereocenters. The smallest absolute Gasteiger partial charge is 0.115 e. The molecule has 2 heteroatoms. The van der Waals surface area contributed by atoms with Gasteiger partial charge in [-0.3, -0.25) is 0 Å². The normalized spacial score (nSPS) is 10.8. The molecule has 0 saturated carbocycles. The van der Waals surface area contributed by atoms with Crippen molar-refractivity contribution in [1.82, 2.24) is 0 Å². The highest BCUT2D eigenvalue weighted by molar-refractivity contribution is 5.60.